The lowest BCUT2D eigenvalue weighted by atomic mass is 10.0. The number of aromatic nitrogens is 3. The molecule has 2 heterocycles. The molecule has 0 saturated carbocycles. The zero-order valence-corrected chi connectivity index (χ0v) is 19.0. The van der Waals surface area contributed by atoms with E-state index in [9.17, 15) is 9.18 Å². The van der Waals surface area contributed by atoms with Crippen LogP contribution in [0.3, 0.4) is 0 Å². The van der Waals surface area contributed by atoms with Gasteiger partial charge in [-0.25, -0.2) is 4.39 Å². The van der Waals surface area contributed by atoms with Gasteiger partial charge in [-0.15, -0.1) is 0 Å². The van der Waals surface area contributed by atoms with Gasteiger partial charge in [0.05, 0.1) is 11.2 Å². The summed E-state index contributed by atoms with van der Waals surface area (Å²) >= 11 is 0. The van der Waals surface area contributed by atoms with Crippen molar-refractivity contribution in [1.29, 1.82) is 0 Å². The van der Waals surface area contributed by atoms with Crippen molar-refractivity contribution in [3.05, 3.63) is 63.0 Å². The largest absolute Gasteiger partial charge is 0.308 e. The summed E-state index contributed by atoms with van der Waals surface area (Å²) in [6, 6.07) is 6.65. The van der Waals surface area contributed by atoms with Crippen LogP contribution < -0.4 is 5.56 Å². The number of aryl methyl sites for hydroxylation is 2. The molecule has 2 aromatic heterocycles. The van der Waals surface area contributed by atoms with E-state index >= 15 is 0 Å². The molecular weight excluding hydrogens is 381 g/mol. The molecule has 0 bridgehead atoms. The van der Waals surface area contributed by atoms with E-state index in [0.29, 0.717) is 30.7 Å². The summed E-state index contributed by atoms with van der Waals surface area (Å²) < 4.78 is 17.5. The fourth-order valence-corrected chi connectivity index (χ4v) is 4.06. The van der Waals surface area contributed by atoms with Crippen molar-refractivity contribution in [3.8, 4) is 0 Å². The van der Waals surface area contributed by atoms with E-state index in [4.69, 9.17) is 0 Å². The monoisotopic (exact) mass is 413 g/mol. The number of pyridine rings is 1. The van der Waals surface area contributed by atoms with Crippen LogP contribution >= 0.6 is 0 Å². The van der Waals surface area contributed by atoms with Gasteiger partial charge in [0.2, 0.25) is 0 Å². The number of halogens is 1. The molecule has 0 aliphatic carbocycles. The van der Waals surface area contributed by atoms with Crippen LogP contribution in [0.15, 0.2) is 29.1 Å². The summed E-state index contributed by atoms with van der Waals surface area (Å²) in [7, 11) is 7.90. The maximum Gasteiger partial charge on any atom is 0.255 e. The number of hydrogen-bond donors (Lipinski definition) is 0. The molecule has 0 amide bonds. The number of likely N-dealkylation sites (N-methyl/N-ethyl adjacent to an activating group) is 1. The molecule has 1 aromatic carbocycles. The minimum absolute atomic E-state index is 0.0615. The quantitative estimate of drug-likeness (QED) is 0.597. The van der Waals surface area contributed by atoms with Crippen molar-refractivity contribution in [1.82, 2.24) is 24.1 Å². The van der Waals surface area contributed by atoms with Crippen LogP contribution in [0.1, 0.15) is 35.5 Å². The molecule has 1 atom stereocenters. The first-order valence-corrected chi connectivity index (χ1v) is 10.3. The lowest BCUT2D eigenvalue weighted by Crippen LogP contribution is -2.32. The summed E-state index contributed by atoms with van der Waals surface area (Å²) in [6.45, 7) is 7.94. The van der Waals surface area contributed by atoms with Gasteiger partial charge in [-0.05, 0) is 71.6 Å². The Morgan fingerprint density at radius 1 is 1.17 bits per heavy atom. The molecule has 6 nitrogen and oxygen atoms in total. The zero-order chi connectivity index (χ0) is 22.2. The van der Waals surface area contributed by atoms with Crippen molar-refractivity contribution in [2.75, 3.05) is 27.7 Å². The van der Waals surface area contributed by atoms with Crippen molar-refractivity contribution in [2.24, 2.45) is 7.05 Å². The van der Waals surface area contributed by atoms with Gasteiger partial charge < -0.3 is 9.47 Å². The van der Waals surface area contributed by atoms with Crippen LogP contribution in [0, 0.1) is 19.7 Å². The first-order chi connectivity index (χ1) is 14.1. The highest BCUT2D eigenvalue weighted by molar-refractivity contribution is 5.79. The molecule has 0 aliphatic heterocycles. The van der Waals surface area contributed by atoms with E-state index < -0.39 is 0 Å². The summed E-state index contributed by atoms with van der Waals surface area (Å²) in [5.41, 5.74) is 4.61. The number of rotatable bonds is 7. The van der Waals surface area contributed by atoms with Crippen LogP contribution in [-0.4, -0.2) is 51.8 Å². The maximum atomic E-state index is 13.9. The van der Waals surface area contributed by atoms with Gasteiger partial charge in [-0.3, -0.25) is 14.4 Å². The molecule has 0 spiro atoms. The third kappa shape index (κ3) is 4.32. The van der Waals surface area contributed by atoms with Gasteiger partial charge in [0.15, 0.2) is 0 Å². The van der Waals surface area contributed by atoms with Gasteiger partial charge in [-0.1, -0.05) is 0 Å². The van der Waals surface area contributed by atoms with Crippen molar-refractivity contribution >= 4 is 10.9 Å². The minimum Gasteiger partial charge on any atom is -0.308 e. The van der Waals surface area contributed by atoms with E-state index in [1.807, 2.05) is 50.8 Å². The second-order valence-electron chi connectivity index (χ2n) is 8.43. The van der Waals surface area contributed by atoms with Crippen LogP contribution in [-0.2, 0) is 20.1 Å². The fourth-order valence-electron chi connectivity index (χ4n) is 4.06. The molecule has 7 heteroatoms. The molecule has 0 aliphatic rings. The van der Waals surface area contributed by atoms with Gasteiger partial charge in [-0.2, -0.15) is 5.10 Å². The second kappa shape index (κ2) is 8.70. The van der Waals surface area contributed by atoms with Gasteiger partial charge >= 0.3 is 0 Å². The zero-order valence-electron chi connectivity index (χ0n) is 19.0. The smallest absolute Gasteiger partial charge is 0.255 e. The molecule has 0 N–H and O–H groups in total. The molecule has 30 heavy (non-hydrogen) atoms. The topological polar surface area (TPSA) is 46.3 Å². The van der Waals surface area contributed by atoms with Crippen molar-refractivity contribution in [3.63, 3.8) is 0 Å². The highest BCUT2D eigenvalue weighted by Crippen LogP contribution is 2.26. The van der Waals surface area contributed by atoms with Gasteiger partial charge in [0.25, 0.3) is 5.56 Å². The third-order valence-electron chi connectivity index (χ3n) is 5.97. The second-order valence-corrected chi connectivity index (χ2v) is 8.43. The molecule has 1 unspecified atom stereocenters. The molecule has 162 valence electrons. The van der Waals surface area contributed by atoms with Crippen LogP contribution in [0.4, 0.5) is 4.39 Å². The molecule has 3 aromatic rings. The Bertz CT molecular complexity index is 1110. The number of nitrogens with zero attached hydrogens (tertiary/aromatic N) is 5. The summed E-state index contributed by atoms with van der Waals surface area (Å²) in [5, 5.41) is 5.40. The van der Waals surface area contributed by atoms with E-state index in [-0.39, 0.29) is 17.4 Å². The van der Waals surface area contributed by atoms with Crippen LogP contribution in [0.25, 0.3) is 10.9 Å². The Hall–Kier alpha value is -2.51. The first-order valence-electron chi connectivity index (χ1n) is 10.3. The lowest BCUT2D eigenvalue weighted by molar-refractivity contribution is 0.250. The highest BCUT2D eigenvalue weighted by Gasteiger charge is 2.21. The standard InChI is InChI=1S/C23H32FN5O/c1-15-22(17(3)28(7)25-15)16(2)27(6)14-19-12-18-8-9-20(24)13-21(18)29(23(19)30)11-10-26(4)5/h8-9,12-13,16H,10-11,14H2,1-7H3. The Balaban J connectivity index is 2.00. The van der Waals surface area contributed by atoms with E-state index in [1.165, 1.54) is 17.7 Å². The predicted molar refractivity (Wildman–Crippen MR) is 119 cm³/mol. The van der Waals surface area contributed by atoms with Gasteiger partial charge in [0, 0.05) is 49.5 Å². The lowest BCUT2D eigenvalue weighted by Gasteiger charge is -2.26. The highest BCUT2D eigenvalue weighted by atomic mass is 19.1. The molecule has 0 saturated heterocycles. The molecule has 0 fully saturated rings. The maximum absolute atomic E-state index is 13.9. The van der Waals surface area contributed by atoms with Gasteiger partial charge in [0.1, 0.15) is 5.82 Å². The Labute approximate surface area is 177 Å². The van der Waals surface area contributed by atoms with Crippen molar-refractivity contribution < 1.29 is 4.39 Å². The molecular formula is C23H32FN5O. The molecule has 3 rings (SSSR count). The van der Waals surface area contributed by atoms with E-state index in [2.05, 4.69) is 23.8 Å². The Morgan fingerprint density at radius 2 is 1.87 bits per heavy atom. The number of hydrogen-bond acceptors (Lipinski definition) is 4. The van der Waals surface area contributed by atoms with Crippen LogP contribution in [0.2, 0.25) is 0 Å². The summed E-state index contributed by atoms with van der Waals surface area (Å²) in [5.74, 6) is -0.332. The minimum atomic E-state index is -0.332. The van der Waals surface area contributed by atoms with Crippen LogP contribution in [0.5, 0.6) is 0 Å². The number of benzene rings is 1. The molecule has 0 radical (unpaired) electrons. The average molecular weight is 414 g/mol. The van der Waals surface area contributed by atoms with E-state index in [1.54, 1.807) is 10.6 Å². The predicted octanol–water partition coefficient (Wildman–Crippen LogP) is 3.25. The SMILES string of the molecule is Cc1nn(C)c(C)c1C(C)N(C)Cc1cc2ccc(F)cc2n(CCN(C)C)c1=O. The van der Waals surface area contributed by atoms with E-state index in [0.717, 1.165) is 16.8 Å². The number of fused-ring (bicyclic) bond motifs is 1. The average Bonchev–Trinajstić information content (AvgIpc) is 2.93. The fraction of sp³-hybridized carbons (Fsp3) is 0.478. The first kappa shape index (κ1) is 22.2. The third-order valence-corrected chi connectivity index (χ3v) is 5.97. The summed E-state index contributed by atoms with van der Waals surface area (Å²) in [4.78, 5) is 17.5. The normalized spacial score (nSPS) is 13.0. The Morgan fingerprint density at radius 3 is 2.47 bits per heavy atom. The summed E-state index contributed by atoms with van der Waals surface area (Å²) in [6.07, 6.45) is 0. The Kier molecular flexibility index (Phi) is 6.43. The van der Waals surface area contributed by atoms with Crippen molar-refractivity contribution in [2.45, 2.75) is 39.9 Å².